The van der Waals surface area contributed by atoms with Crippen molar-refractivity contribution in [3.05, 3.63) is 34.7 Å². The highest BCUT2D eigenvalue weighted by Crippen LogP contribution is 2.40. The number of aromatic nitrogens is 2. The molecule has 4 nitrogen and oxygen atoms in total. The molecule has 0 aliphatic heterocycles. The Morgan fingerprint density at radius 3 is 2.92 bits per heavy atom. The first-order valence-electron chi connectivity index (χ1n) is 8.06. The summed E-state index contributed by atoms with van der Waals surface area (Å²) in [7, 11) is 1.68. The lowest BCUT2D eigenvalue weighted by molar-refractivity contribution is 0.415. The molecule has 24 heavy (non-hydrogen) atoms. The van der Waals surface area contributed by atoms with Crippen LogP contribution in [-0.2, 0) is 12.8 Å². The molecule has 0 atom stereocenters. The van der Waals surface area contributed by atoms with Crippen molar-refractivity contribution in [2.75, 3.05) is 18.7 Å². The minimum absolute atomic E-state index is 0.812. The molecule has 1 aliphatic rings. The molecule has 0 fully saturated rings. The lowest BCUT2D eigenvalue weighted by atomic mass is 9.97. The fourth-order valence-electron chi connectivity index (χ4n) is 3.16. The van der Waals surface area contributed by atoms with Crippen molar-refractivity contribution < 1.29 is 4.74 Å². The molecule has 2 heterocycles. The van der Waals surface area contributed by atoms with Gasteiger partial charge in [0, 0.05) is 16.6 Å². The molecule has 3 aromatic rings. The van der Waals surface area contributed by atoms with E-state index in [-0.39, 0.29) is 0 Å². The topological polar surface area (TPSA) is 47.0 Å². The molecule has 1 N–H and O–H groups in total. The fraction of sp³-hybridized carbons (Fsp3) is 0.333. The highest BCUT2D eigenvalue weighted by molar-refractivity contribution is 7.98. The van der Waals surface area contributed by atoms with Crippen LogP contribution >= 0.6 is 23.1 Å². The number of aryl methyl sites for hydroxylation is 2. The molecular weight excluding hydrogens is 338 g/mol. The summed E-state index contributed by atoms with van der Waals surface area (Å²) in [5.41, 5.74) is 2.43. The van der Waals surface area contributed by atoms with Gasteiger partial charge in [-0.05, 0) is 49.6 Å². The van der Waals surface area contributed by atoms with Crippen molar-refractivity contribution in [2.24, 2.45) is 0 Å². The third-order valence-electron chi connectivity index (χ3n) is 4.31. The Morgan fingerprint density at radius 2 is 2.08 bits per heavy atom. The molecule has 2 aromatic heterocycles. The van der Waals surface area contributed by atoms with Crippen LogP contribution < -0.4 is 10.1 Å². The van der Waals surface area contributed by atoms with Crippen LogP contribution in [0.4, 0.5) is 11.5 Å². The Morgan fingerprint density at radius 1 is 1.21 bits per heavy atom. The third kappa shape index (κ3) is 2.84. The Hall–Kier alpha value is -1.79. The van der Waals surface area contributed by atoms with Crippen LogP contribution in [0.25, 0.3) is 10.2 Å². The second-order valence-corrected chi connectivity index (χ2v) is 7.66. The van der Waals surface area contributed by atoms with E-state index < -0.39 is 0 Å². The van der Waals surface area contributed by atoms with Crippen LogP contribution in [0.3, 0.4) is 0 Å². The van der Waals surface area contributed by atoms with Crippen LogP contribution in [0.1, 0.15) is 23.3 Å². The van der Waals surface area contributed by atoms with Gasteiger partial charge in [-0.3, -0.25) is 0 Å². The van der Waals surface area contributed by atoms with Gasteiger partial charge in [0.15, 0.2) is 5.16 Å². The van der Waals surface area contributed by atoms with E-state index in [0.717, 1.165) is 33.7 Å². The molecule has 1 aliphatic carbocycles. The number of thiophene rings is 1. The maximum Gasteiger partial charge on any atom is 0.190 e. The molecule has 0 bridgehead atoms. The van der Waals surface area contributed by atoms with E-state index in [2.05, 4.69) is 5.32 Å². The van der Waals surface area contributed by atoms with Crippen LogP contribution in [0.2, 0.25) is 0 Å². The summed E-state index contributed by atoms with van der Waals surface area (Å²) < 4.78 is 5.33. The van der Waals surface area contributed by atoms with Gasteiger partial charge in [0.2, 0.25) is 0 Å². The minimum atomic E-state index is 0.812. The van der Waals surface area contributed by atoms with Gasteiger partial charge < -0.3 is 10.1 Å². The van der Waals surface area contributed by atoms with Gasteiger partial charge in [0.1, 0.15) is 16.4 Å². The maximum absolute atomic E-state index is 5.33. The Kier molecular flexibility index (Phi) is 4.33. The maximum atomic E-state index is 5.33. The zero-order valence-electron chi connectivity index (χ0n) is 13.8. The van der Waals surface area contributed by atoms with Crippen molar-refractivity contribution in [3.8, 4) is 5.75 Å². The van der Waals surface area contributed by atoms with E-state index >= 15 is 0 Å². The van der Waals surface area contributed by atoms with Crippen molar-refractivity contribution in [1.29, 1.82) is 0 Å². The molecule has 0 amide bonds. The number of methoxy groups -OCH3 is 1. The molecule has 0 spiro atoms. The Labute approximate surface area is 149 Å². The predicted octanol–water partition coefficient (Wildman–Crippen LogP) is 5.04. The Balaban J connectivity index is 1.84. The molecule has 0 unspecified atom stereocenters. The van der Waals surface area contributed by atoms with Gasteiger partial charge in [-0.25, -0.2) is 9.97 Å². The third-order valence-corrected chi connectivity index (χ3v) is 6.04. The number of hydrogen-bond donors (Lipinski definition) is 1. The number of rotatable bonds is 4. The molecule has 124 valence electrons. The zero-order chi connectivity index (χ0) is 16.5. The number of nitrogens with zero attached hydrogens (tertiary/aromatic N) is 2. The van der Waals surface area contributed by atoms with Crippen molar-refractivity contribution in [3.63, 3.8) is 0 Å². The number of fused-ring (bicyclic) bond motifs is 3. The quantitative estimate of drug-likeness (QED) is 0.523. The molecular formula is C18H19N3OS2. The average Bonchev–Trinajstić information content (AvgIpc) is 3.00. The highest BCUT2D eigenvalue weighted by Gasteiger charge is 2.21. The smallest absolute Gasteiger partial charge is 0.190 e. The molecule has 1 aromatic carbocycles. The summed E-state index contributed by atoms with van der Waals surface area (Å²) in [5.74, 6) is 1.75. The number of anilines is 2. The van der Waals surface area contributed by atoms with Crippen LogP contribution in [0, 0.1) is 0 Å². The summed E-state index contributed by atoms with van der Waals surface area (Å²) in [4.78, 5) is 12.1. The monoisotopic (exact) mass is 357 g/mol. The number of nitrogens with one attached hydrogen (secondary N) is 1. The van der Waals surface area contributed by atoms with Gasteiger partial charge in [-0.1, -0.05) is 17.8 Å². The summed E-state index contributed by atoms with van der Waals surface area (Å²) in [5, 5.41) is 5.51. The van der Waals surface area contributed by atoms with E-state index in [4.69, 9.17) is 14.7 Å². The van der Waals surface area contributed by atoms with E-state index in [1.165, 1.54) is 35.1 Å². The van der Waals surface area contributed by atoms with Crippen molar-refractivity contribution in [2.45, 2.75) is 30.8 Å². The summed E-state index contributed by atoms with van der Waals surface area (Å²) in [6.07, 6.45) is 6.85. The van der Waals surface area contributed by atoms with Crippen molar-refractivity contribution >= 4 is 44.8 Å². The molecule has 0 saturated heterocycles. The average molecular weight is 358 g/mol. The SMILES string of the molecule is COc1cccc(Nc2nc(SC)nc3sc4c(c23)CCCC4)c1. The van der Waals surface area contributed by atoms with Gasteiger partial charge in [0.25, 0.3) is 0 Å². The zero-order valence-corrected chi connectivity index (χ0v) is 15.4. The molecule has 0 radical (unpaired) electrons. The largest absolute Gasteiger partial charge is 0.497 e. The van der Waals surface area contributed by atoms with E-state index in [1.54, 1.807) is 18.9 Å². The van der Waals surface area contributed by atoms with E-state index in [0.29, 0.717) is 0 Å². The summed E-state index contributed by atoms with van der Waals surface area (Å²) in [6, 6.07) is 7.96. The summed E-state index contributed by atoms with van der Waals surface area (Å²) in [6.45, 7) is 0. The lowest BCUT2D eigenvalue weighted by Crippen LogP contribution is -2.02. The number of ether oxygens (including phenoxy) is 1. The second kappa shape index (κ2) is 6.61. The standard InChI is InChI=1S/C18H19N3OS2/c1-22-12-7-5-6-11(10-12)19-16-15-13-8-3-4-9-14(13)24-17(15)21-18(20-16)23-2/h5-7,10H,3-4,8-9H2,1-2H3,(H,19,20,21). The van der Waals surface area contributed by atoms with Crippen LogP contribution in [0.15, 0.2) is 29.4 Å². The van der Waals surface area contributed by atoms with Gasteiger partial charge in [-0.2, -0.15) is 0 Å². The number of thioether (sulfide) groups is 1. The van der Waals surface area contributed by atoms with Crippen LogP contribution in [0.5, 0.6) is 5.75 Å². The van der Waals surface area contributed by atoms with E-state index in [1.807, 2.05) is 41.9 Å². The van der Waals surface area contributed by atoms with Crippen LogP contribution in [-0.4, -0.2) is 23.3 Å². The first kappa shape index (κ1) is 15.7. The number of hydrogen-bond acceptors (Lipinski definition) is 6. The van der Waals surface area contributed by atoms with Gasteiger partial charge >= 0.3 is 0 Å². The minimum Gasteiger partial charge on any atom is -0.497 e. The fourth-order valence-corrected chi connectivity index (χ4v) is 4.84. The van der Waals surface area contributed by atoms with Crippen molar-refractivity contribution in [1.82, 2.24) is 9.97 Å². The van der Waals surface area contributed by atoms with E-state index in [9.17, 15) is 0 Å². The molecule has 6 heteroatoms. The summed E-state index contributed by atoms with van der Waals surface area (Å²) >= 11 is 3.41. The van der Waals surface area contributed by atoms with Gasteiger partial charge in [-0.15, -0.1) is 11.3 Å². The Bertz CT molecular complexity index is 891. The molecule has 4 rings (SSSR count). The van der Waals surface area contributed by atoms with Gasteiger partial charge in [0.05, 0.1) is 12.5 Å². The first-order chi connectivity index (χ1) is 11.8. The highest BCUT2D eigenvalue weighted by atomic mass is 32.2. The molecule has 0 saturated carbocycles. The normalized spacial score (nSPS) is 13.8. The predicted molar refractivity (Wildman–Crippen MR) is 102 cm³/mol. The number of benzene rings is 1. The lowest BCUT2D eigenvalue weighted by Gasteiger charge is -2.13. The first-order valence-corrected chi connectivity index (χ1v) is 10.1. The second-order valence-electron chi connectivity index (χ2n) is 5.81.